The average molecular weight is 203 g/mol. The van der Waals surface area contributed by atoms with Crippen molar-refractivity contribution in [1.82, 2.24) is 4.98 Å². The van der Waals surface area contributed by atoms with Gasteiger partial charge in [-0.2, -0.15) is 0 Å². The van der Waals surface area contributed by atoms with Crippen LogP contribution in [0.5, 0.6) is 5.88 Å². The normalized spacial score (nSPS) is 26.1. The molecule has 78 valence electrons. The molecule has 0 aliphatic carbocycles. The second kappa shape index (κ2) is 3.07. The average Bonchev–Trinajstić information content (AvgIpc) is 2.76. The summed E-state index contributed by atoms with van der Waals surface area (Å²) in [5.41, 5.74) is 2.38. The Morgan fingerprint density at radius 3 is 2.73 bits per heavy atom. The van der Waals surface area contributed by atoms with Crippen molar-refractivity contribution in [2.24, 2.45) is 0 Å². The highest BCUT2D eigenvalue weighted by Crippen LogP contribution is 2.46. The highest BCUT2D eigenvalue weighted by atomic mass is 16.5. The number of fused-ring (bicyclic) bond motifs is 5. The smallest absolute Gasteiger partial charge is 0.213 e. The summed E-state index contributed by atoms with van der Waals surface area (Å²) in [5, 5.41) is 0. The van der Waals surface area contributed by atoms with E-state index < -0.39 is 0 Å². The molecule has 0 N–H and O–H groups in total. The van der Waals surface area contributed by atoms with Gasteiger partial charge in [0, 0.05) is 17.8 Å². The van der Waals surface area contributed by atoms with Gasteiger partial charge in [-0.05, 0) is 19.4 Å². The second-order valence-electron chi connectivity index (χ2n) is 4.18. The third-order valence-electron chi connectivity index (χ3n) is 2.67. The number of rotatable bonds is 2. The first-order chi connectivity index (χ1) is 7.24. The van der Waals surface area contributed by atoms with Gasteiger partial charge in [-0.1, -0.05) is 12.2 Å². The van der Waals surface area contributed by atoms with Crippen molar-refractivity contribution in [1.29, 1.82) is 0 Å². The van der Waals surface area contributed by atoms with E-state index >= 15 is 0 Å². The molecule has 0 saturated heterocycles. The third kappa shape index (κ3) is 1.35. The highest BCUT2D eigenvalue weighted by molar-refractivity contribution is 5.43. The van der Waals surface area contributed by atoms with Gasteiger partial charge >= 0.3 is 0 Å². The molecule has 0 radical (unpaired) electrons. The zero-order chi connectivity index (χ0) is 10.4. The van der Waals surface area contributed by atoms with E-state index in [1.807, 2.05) is 26.1 Å². The standard InChI is InChI=1S/C12H13NO2/c1-7(2)14-12-5-8-9(6-13-12)11-4-3-10(8)15-11/h3-7,10-11H,1-2H3. The molecule has 3 rings (SSSR count). The summed E-state index contributed by atoms with van der Waals surface area (Å²) in [7, 11) is 0. The zero-order valence-corrected chi connectivity index (χ0v) is 8.81. The summed E-state index contributed by atoms with van der Waals surface area (Å²) < 4.78 is 11.3. The lowest BCUT2D eigenvalue weighted by molar-refractivity contribution is 0.0877. The molecule has 2 atom stereocenters. The Morgan fingerprint density at radius 1 is 1.27 bits per heavy atom. The van der Waals surface area contributed by atoms with Crippen LogP contribution < -0.4 is 4.74 Å². The molecule has 1 aromatic rings. The summed E-state index contributed by atoms with van der Waals surface area (Å²) in [6.45, 7) is 3.99. The molecule has 1 aromatic heterocycles. The Kier molecular flexibility index (Phi) is 1.83. The van der Waals surface area contributed by atoms with E-state index in [1.54, 1.807) is 0 Å². The maximum Gasteiger partial charge on any atom is 0.213 e. The maximum absolute atomic E-state index is 5.70. The van der Waals surface area contributed by atoms with Crippen LogP contribution in [0.25, 0.3) is 0 Å². The Hall–Kier alpha value is -1.35. The molecule has 0 spiro atoms. The monoisotopic (exact) mass is 203 g/mol. The van der Waals surface area contributed by atoms with Gasteiger partial charge in [0.25, 0.3) is 0 Å². The molecule has 0 aromatic carbocycles. The first-order valence-corrected chi connectivity index (χ1v) is 5.24. The van der Waals surface area contributed by atoms with E-state index in [2.05, 4.69) is 17.1 Å². The van der Waals surface area contributed by atoms with Gasteiger partial charge in [0.1, 0.15) is 12.2 Å². The summed E-state index contributed by atoms with van der Waals surface area (Å²) in [5.74, 6) is 0.688. The second-order valence-corrected chi connectivity index (χ2v) is 4.18. The van der Waals surface area contributed by atoms with Gasteiger partial charge in [-0.3, -0.25) is 0 Å². The first kappa shape index (κ1) is 8.92. The fourth-order valence-corrected chi connectivity index (χ4v) is 2.06. The van der Waals surface area contributed by atoms with E-state index in [0.29, 0.717) is 5.88 Å². The fraction of sp³-hybridized carbons (Fsp3) is 0.417. The molecular formula is C12H13NO2. The fourth-order valence-electron chi connectivity index (χ4n) is 2.06. The Balaban J connectivity index is 1.96. The Bertz CT molecular complexity index is 426. The van der Waals surface area contributed by atoms with Crippen molar-refractivity contribution >= 4 is 0 Å². The number of nitrogens with zero attached hydrogens (tertiary/aromatic N) is 1. The van der Waals surface area contributed by atoms with E-state index in [-0.39, 0.29) is 18.3 Å². The van der Waals surface area contributed by atoms with Crippen LogP contribution in [0.15, 0.2) is 24.4 Å². The van der Waals surface area contributed by atoms with Crippen LogP contribution in [-0.2, 0) is 4.74 Å². The van der Waals surface area contributed by atoms with Crippen LogP contribution in [-0.4, -0.2) is 11.1 Å². The maximum atomic E-state index is 5.70. The van der Waals surface area contributed by atoms with Crippen molar-refractivity contribution in [3.63, 3.8) is 0 Å². The molecule has 15 heavy (non-hydrogen) atoms. The molecule has 2 bridgehead atoms. The van der Waals surface area contributed by atoms with Crippen molar-refractivity contribution in [2.45, 2.75) is 32.2 Å². The minimum Gasteiger partial charge on any atom is -0.475 e. The predicted molar refractivity (Wildman–Crippen MR) is 55.7 cm³/mol. The van der Waals surface area contributed by atoms with Crippen molar-refractivity contribution in [3.05, 3.63) is 35.5 Å². The van der Waals surface area contributed by atoms with Gasteiger partial charge < -0.3 is 9.47 Å². The minimum absolute atomic E-state index is 0.113. The first-order valence-electron chi connectivity index (χ1n) is 5.24. The lowest BCUT2D eigenvalue weighted by Crippen LogP contribution is -2.07. The summed E-state index contributed by atoms with van der Waals surface area (Å²) in [6, 6.07) is 1.99. The molecule has 0 fully saturated rings. The lowest BCUT2D eigenvalue weighted by Gasteiger charge is -2.11. The largest absolute Gasteiger partial charge is 0.475 e. The van der Waals surface area contributed by atoms with Crippen LogP contribution in [0, 0.1) is 0 Å². The van der Waals surface area contributed by atoms with Crippen LogP contribution in [0.2, 0.25) is 0 Å². The van der Waals surface area contributed by atoms with Crippen molar-refractivity contribution in [3.8, 4) is 5.88 Å². The summed E-state index contributed by atoms with van der Waals surface area (Å²) in [4.78, 5) is 4.27. The van der Waals surface area contributed by atoms with Gasteiger partial charge in [-0.15, -0.1) is 0 Å². The van der Waals surface area contributed by atoms with E-state index in [1.165, 1.54) is 11.1 Å². The molecule has 0 amide bonds. The third-order valence-corrected chi connectivity index (χ3v) is 2.67. The molecular weight excluding hydrogens is 190 g/mol. The van der Waals surface area contributed by atoms with Crippen LogP contribution in [0.4, 0.5) is 0 Å². The summed E-state index contributed by atoms with van der Waals surface area (Å²) in [6.07, 6.45) is 6.42. The van der Waals surface area contributed by atoms with E-state index in [4.69, 9.17) is 9.47 Å². The van der Waals surface area contributed by atoms with Gasteiger partial charge in [0.05, 0.1) is 6.10 Å². The van der Waals surface area contributed by atoms with Crippen molar-refractivity contribution in [2.75, 3.05) is 0 Å². The molecule has 0 saturated carbocycles. The molecule has 2 unspecified atom stereocenters. The number of pyridine rings is 1. The van der Waals surface area contributed by atoms with Gasteiger partial charge in [-0.25, -0.2) is 4.98 Å². The van der Waals surface area contributed by atoms with Crippen LogP contribution in [0.1, 0.15) is 37.2 Å². The molecule has 2 aliphatic rings. The predicted octanol–water partition coefficient (Wildman–Crippen LogP) is 2.55. The van der Waals surface area contributed by atoms with Crippen LogP contribution >= 0.6 is 0 Å². The van der Waals surface area contributed by atoms with Gasteiger partial charge in [0.15, 0.2) is 0 Å². The van der Waals surface area contributed by atoms with Crippen molar-refractivity contribution < 1.29 is 9.47 Å². The quantitative estimate of drug-likeness (QED) is 0.692. The van der Waals surface area contributed by atoms with E-state index in [0.717, 1.165) is 0 Å². The highest BCUT2D eigenvalue weighted by Gasteiger charge is 2.34. The number of hydrogen-bond donors (Lipinski definition) is 0. The van der Waals surface area contributed by atoms with Crippen LogP contribution in [0.3, 0.4) is 0 Å². The van der Waals surface area contributed by atoms with E-state index in [9.17, 15) is 0 Å². The zero-order valence-electron chi connectivity index (χ0n) is 8.81. The molecule has 2 aliphatic heterocycles. The molecule has 3 heterocycles. The summed E-state index contributed by atoms with van der Waals surface area (Å²) >= 11 is 0. The number of aromatic nitrogens is 1. The Morgan fingerprint density at radius 2 is 2.00 bits per heavy atom. The number of hydrogen-bond acceptors (Lipinski definition) is 3. The minimum atomic E-state index is 0.113. The Labute approximate surface area is 88.7 Å². The lowest BCUT2D eigenvalue weighted by atomic mass is 9.99. The molecule has 3 nitrogen and oxygen atoms in total. The topological polar surface area (TPSA) is 31.4 Å². The molecule has 3 heteroatoms. The SMILES string of the molecule is CC(C)Oc1cc2c(cn1)C1C=CC2O1. The van der Waals surface area contributed by atoms with Gasteiger partial charge in [0.2, 0.25) is 5.88 Å². The number of ether oxygens (including phenoxy) is 2.